The Balaban J connectivity index is 0.000000262. The normalized spacial score (nSPS) is 12.9. The van der Waals surface area contributed by atoms with Gasteiger partial charge in [-0.25, -0.2) is 35.1 Å². The van der Waals surface area contributed by atoms with Crippen molar-refractivity contribution in [3.8, 4) is 45.0 Å². The summed E-state index contributed by atoms with van der Waals surface area (Å²) in [6.45, 7) is 14.5. The van der Waals surface area contributed by atoms with Gasteiger partial charge < -0.3 is 59.6 Å². The molecule has 0 fully saturated rings. The summed E-state index contributed by atoms with van der Waals surface area (Å²) >= 11 is 0. The van der Waals surface area contributed by atoms with Crippen LogP contribution < -0.4 is 20.0 Å². The second kappa shape index (κ2) is 50.1. The first-order chi connectivity index (χ1) is 59.6. The summed E-state index contributed by atoms with van der Waals surface area (Å²) in [6.07, 6.45) is -4.04. The molecule has 0 amide bonds. The summed E-state index contributed by atoms with van der Waals surface area (Å²) in [5.41, 5.74) is 3.98. The number of hydrogen-bond donors (Lipinski definition) is 0. The molecule has 4 aromatic carbocycles. The Bertz CT molecular complexity index is 5360. The average molecular weight is 2540 g/mol. The second-order valence-electron chi connectivity index (χ2n) is 26.3. The van der Waals surface area contributed by atoms with E-state index < -0.39 is 94.5 Å². The number of nitrogens with zero attached hydrogens (tertiary/aromatic N) is 20. The molecule has 4 aliphatic heterocycles. The molecule has 0 unspecified atom stereocenters. The summed E-state index contributed by atoms with van der Waals surface area (Å²) in [5.74, 6) is -6.80. The summed E-state index contributed by atoms with van der Waals surface area (Å²) in [7, 11) is 7.09. The molecular weight excluding hydrogens is 2470 g/mol. The number of halogens is 20. The number of hydrogen-bond acceptors (Lipinski definition) is 20. The molecule has 0 saturated heterocycles. The van der Waals surface area contributed by atoms with Gasteiger partial charge in [-0.15, -0.1) is 75.2 Å². The summed E-state index contributed by atoms with van der Waals surface area (Å²) in [4.78, 5) is 35.0. The van der Waals surface area contributed by atoms with Crippen molar-refractivity contribution in [2.45, 2.75) is 64.7 Å². The van der Waals surface area contributed by atoms with Crippen LogP contribution in [0, 0.1) is 130 Å². The fourth-order valence-electron chi connectivity index (χ4n) is 10.1. The fourth-order valence-corrected chi connectivity index (χ4v) is 10.1. The minimum absolute atomic E-state index is 0. The molecule has 0 bridgehead atoms. The van der Waals surface area contributed by atoms with E-state index in [9.17, 15) is 87.8 Å². The maximum atomic E-state index is 13.4. The van der Waals surface area contributed by atoms with E-state index in [1.54, 1.807) is 161 Å². The number of alkyl halides is 12. The first kappa shape index (κ1) is 109. The smallest absolute Gasteiger partial charge is 0.370 e. The van der Waals surface area contributed by atoms with Crippen LogP contribution in [0.25, 0.3) is 45.0 Å². The maximum Gasteiger partial charge on any atom is 0.370 e. The van der Waals surface area contributed by atoms with Crippen molar-refractivity contribution in [1.82, 2.24) is 59.5 Å². The third-order valence-electron chi connectivity index (χ3n) is 16.4. The first-order valence-corrected chi connectivity index (χ1v) is 36.3. The van der Waals surface area contributed by atoms with E-state index in [2.05, 4.69) is 109 Å². The third kappa shape index (κ3) is 33.2. The van der Waals surface area contributed by atoms with Crippen LogP contribution in [0.1, 0.15) is 65.6 Å². The Labute approximate surface area is 790 Å². The van der Waals surface area contributed by atoms with Gasteiger partial charge in [0.1, 0.15) is 47.6 Å². The van der Waals surface area contributed by atoms with Crippen LogP contribution in [0.4, 0.5) is 111 Å². The largest absolute Gasteiger partial charge is 0.493 e. The van der Waals surface area contributed by atoms with E-state index >= 15 is 0 Å². The molecule has 700 valence electrons. The SMILES string of the molecule is CC(C)c1ccnc(-c2[c-]cc(F)nc2F)c1.CCc1ccnc(-c2[c-]cc(F)nc2F)c1.CN1C=NN(c2[c-]cc(C(F)(F)F)cc2)[CH-]1.CN1C=NN(c2[c-]cc(C(F)(F)F)cc2)[CH-]1.CN1C=NN(c2[c-]cc(C(F)(F)F)cc2)[CH-]1.CN1C=NN(c2[c-]cc(C(F)(F)F)cc2)[CH-]1.Cc1ccnc(-c2[c-]cc(F)nc2F)c1.Fc1c[c-]c(-c2ccccn2)c(F)n1.[Pt].[Pt].[Pt].[Pt]. The van der Waals surface area contributed by atoms with Gasteiger partial charge in [0, 0.05) is 109 Å². The molecule has 0 aliphatic carbocycles. The van der Waals surface area contributed by atoms with Crippen LogP contribution in [-0.2, 0) is 115 Å². The fraction of sp³-hybridized carbons (Fsp3) is 0.163. The average Bonchev–Trinajstić information content (AvgIpc) is 1.30. The van der Waals surface area contributed by atoms with Gasteiger partial charge in [-0.3, -0.25) is 19.9 Å². The predicted molar refractivity (Wildman–Crippen MR) is 426 cm³/mol. The van der Waals surface area contributed by atoms with Crippen LogP contribution >= 0.6 is 0 Å². The molecule has 12 heterocycles. The first-order valence-electron chi connectivity index (χ1n) is 36.3. The standard InChI is InChI=1S/C13H11F2N2.C12H9F2N2.C11H7F2N2.4C10H8F3N3.C10H5F2N2.4Pt/c1-8(2)9-5-6-16-11(7-9)10-3-4-12(14)17-13(10)15;1-2-8-5-6-15-10(7-8)9-3-4-11(13)16-12(9)14;1-7-4-5-14-9(6-7)8-2-3-10(12)15-11(8)13;4*1-15-6-14-16(7-15)9-4-2-8(3-5-9)10(11,12)13;11-9-5-4-7(10(12)14-9)8-3-1-2-6-13-8;;;;/h4-8H,1-2H3;4-7H,2H2,1H3;3-6H,1H3;4*2-4,6-7H,1H3;1-3,5-6H;;;;/q3*-1;4*-2;-1;;;;. The number of hydrazone groups is 4. The van der Waals surface area contributed by atoms with E-state index in [1.165, 1.54) is 50.5 Å². The van der Waals surface area contributed by atoms with Crippen molar-refractivity contribution in [2.75, 3.05) is 48.2 Å². The van der Waals surface area contributed by atoms with Crippen LogP contribution in [0.3, 0.4) is 0 Å². The molecule has 44 heteroatoms. The molecule has 0 radical (unpaired) electrons. The van der Waals surface area contributed by atoms with Crippen molar-refractivity contribution in [3.05, 3.63) is 338 Å². The monoisotopic (exact) mass is 2540 g/mol. The van der Waals surface area contributed by atoms with Crippen molar-refractivity contribution < 1.29 is 172 Å². The van der Waals surface area contributed by atoms with Crippen LogP contribution in [0.2, 0.25) is 0 Å². The van der Waals surface area contributed by atoms with Crippen LogP contribution in [-0.4, -0.2) is 113 Å². The zero-order chi connectivity index (χ0) is 91.8. The minimum atomic E-state index is -4.33. The Hall–Kier alpha value is -11.5. The Morgan fingerprint density at radius 1 is 0.331 bits per heavy atom. The van der Waals surface area contributed by atoms with Crippen molar-refractivity contribution in [3.63, 3.8) is 0 Å². The molecule has 16 rings (SSSR count). The number of pyridine rings is 8. The molecule has 0 N–H and O–H groups in total. The molecule has 0 atom stereocenters. The summed E-state index contributed by atoms with van der Waals surface area (Å²) in [5, 5.41) is 21.6. The van der Waals surface area contributed by atoms with Gasteiger partial charge in [-0.05, 0) is 94.5 Å². The Kier molecular flexibility index (Phi) is 42.0. The predicted octanol–water partition coefficient (Wildman–Crippen LogP) is 20.2. The maximum absolute atomic E-state index is 13.4. The van der Waals surface area contributed by atoms with Gasteiger partial charge in [0.2, 0.25) is 0 Å². The minimum Gasteiger partial charge on any atom is -0.493 e. The zero-order valence-electron chi connectivity index (χ0n) is 67.9. The molecule has 8 aromatic heterocycles. The summed E-state index contributed by atoms with van der Waals surface area (Å²) in [6, 6.07) is 52.8. The molecular formula is C86H64F20N20Pt4-12. The van der Waals surface area contributed by atoms with E-state index in [4.69, 9.17) is 0 Å². The molecule has 20 nitrogen and oxygen atoms in total. The summed E-state index contributed by atoms with van der Waals surface area (Å²) < 4.78 is 251. The van der Waals surface area contributed by atoms with Crippen molar-refractivity contribution >= 4 is 48.1 Å². The van der Waals surface area contributed by atoms with E-state index in [1.807, 2.05) is 39.8 Å². The van der Waals surface area contributed by atoms with Gasteiger partial charge in [0.15, 0.2) is 0 Å². The Morgan fingerprint density at radius 3 is 0.862 bits per heavy atom. The van der Waals surface area contributed by atoms with Crippen LogP contribution in [0.5, 0.6) is 0 Å². The van der Waals surface area contributed by atoms with Gasteiger partial charge >= 0.3 is 24.7 Å². The van der Waals surface area contributed by atoms with Crippen LogP contribution in [0.15, 0.2) is 197 Å². The Morgan fingerprint density at radius 2 is 0.615 bits per heavy atom. The van der Waals surface area contributed by atoms with E-state index in [0.717, 1.165) is 95.9 Å². The van der Waals surface area contributed by atoms with Gasteiger partial charge in [-0.1, -0.05) is 159 Å². The zero-order valence-corrected chi connectivity index (χ0v) is 77.0. The van der Waals surface area contributed by atoms with Gasteiger partial charge in [0.05, 0.1) is 25.4 Å². The van der Waals surface area contributed by atoms with E-state index in [-0.39, 0.29) is 107 Å². The van der Waals surface area contributed by atoms with Gasteiger partial charge in [-0.2, -0.15) is 146 Å². The third-order valence-corrected chi connectivity index (χ3v) is 16.4. The topological polar surface area (TPSA) is 178 Å². The number of rotatable bonds is 10. The van der Waals surface area contributed by atoms with Gasteiger partial charge in [0.25, 0.3) is 0 Å². The number of aryl methyl sites for hydroxylation is 2. The quantitative estimate of drug-likeness (QED) is 0.0716. The molecule has 4 aliphatic rings. The number of aromatic nitrogens is 8. The number of anilines is 4. The number of benzene rings is 4. The molecule has 12 aromatic rings. The van der Waals surface area contributed by atoms with Crippen molar-refractivity contribution in [2.24, 2.45) is 20.4 Å². The molecule has 0 spiro atoms. The molecule has 130 heavy (non-hydrogen) atoms. The van der Waals surface area contributed by atoms with E-state index in [0.29, 0.717) is 51.4 Å². The van der Waals surface area contributed by atoms with Crippen molar-refractivity contribution in [1.29, 1.82) is 0 Å². The molecule has 0 saturated carbocycles. The second-order valence-corrected chi connectivity index (χ2v) is 26.3.